The number of nitro benzene ring substituents is 1. The summed E-state index contributed by atoms with van der Waals surface area (Å²) in [6, 6.07) is 5.62. The molecule has 0 saturated heterocycles. The van der Waals surface area contributed by atoms with Gasteiger partial charge >= 0.3 is 6.72 Å². The monoisotopic (exact) mass is 350 g/mol. The van der Waals surface area contributed by atoms with Crippen LogP contribution >= 0.6 is 6.72 Å². The van der Waals surface area contributed by atoms with Crippen molar-refractivity contribution in [2.75, 3.05) is 19.8 Å². The van der Waals surface area contributed by atoms with Crippen LogP contribution in [0.1, 0.15) is 20.3 Å². The summed E-state index contributed by atoms with van der Waals surface area (Å²) in [6.45, 7) is 5.09. The highest BCUT2D eigenvalue weighted by Gasteiger charge is 2.21. The molecular formula is C13H21NO6PS. The maximum absolute atomic E-state index is 10.5. The molecule has 0 aliphatic heterocycles. The zero-order chi connectivity index (χ0) is 17.0. The number of hydrogen-bond donors (Lipinski definition) is 1. The smallest absolute Gasteiger partial charge is 0.380 e. The minimum atomic E-state index is -2.82. The fourth-order valence-electron chi connectivity index (χ4n) is 1.16. The summed E-state index contributed by atoms with van der Waals surface area (Å²) >= 11 is 5.18. The van der Waals surface area contributed by atoms with Gasteiger partial charge in [0.05, 0.1) is 18.1 Å². The van der Waals surface area contributed by atoms with Gasteiger partial charge in [0, 0.05) is 30.5 Å². The second-order valence-corrected chi connectivity index (χ2v) is 6.64. The molecule has 1 rings (SSSR count). The molecule has 0 unspecified atom stereocenters. The predicted octanol–water partition coefficient (Wildman–Crippen LogP) is 3.47. The number of nitro groups is 1. The Labute approximate surface area is 135 Å². The minimum absolute atomic E-state index is 0.0107. The van der Waals surface area contributed by atoms with Crippen molar-refractivity contribution in [3.05, 3.63) is 41.3 Å². The molecule has 0 spiro atoms. The molecule has 0 aliphatic carbocycles. The SMILES string of the molecule is CCOP(=S)(OCC)Oc1ccc([N+](=O)[O-])cc1.[CH2]CCO. The Morgan fingerprint density at radius 2 is 1.73 bits per heavy atom. The number of non-ortho nitro benzene ring substituents is 1. The maximum Gasteiger partial charge on any atom is 0.380 e. The number of benzene rings is 1. The lowest BCUT2D eigenvalue weighted by Crippen LogP contribution is -2.02. The van der Waals surface area contributed by atoms with E-state index in [-0.39, 0.29) is 12.3 Å². The molecule has 0 bridgehead atoms. The third kappa shape index (κ3) is 8.41. The fraction of sp³-hybridized carbons (Fsp3) is 0.462. The number of hydrogen-bond acceptors (Lipinski definition) is 7. The van der Waals surface area contributed by atoms with Crippen LogP contribution in [0.5, 0.6) is 5.75 Å². The van der Waals surface area contributed by atoms with Gasteiger partial charge in [0.2, 0.25) is 0 Å². The van der Waals surface area contributed by atoms with Crippen molar-refractivity contribution in [3.63, 3.8) is 0 Å². The van der Waals surface area contributed by atoms with Gasteiger partial charge in [0.25, 0.3) is 5.69 Å². The van der Waals surface area contributed by atoms with Gasteiger partial charge in [0.1, 0.15) is 5.75 Å². The molecule has 0 fully saturated rings. The van der Waals surface area contributed by atoms with E-state index in [0.29, 0.717) is 25.4 Å². The van der Waals surface area contributed by atoms with Crippen molar-refractivity contribution < 1.29 is 23.6 Å². The molecule has 1 radical (unpaired) electrons. The minimum Gasteiger partial charge on any atom is -0.424 e. The van der Waals surface area contributed by atoms with Crippen LogP contribution in [0.3, 0.4) is 0 Å². The van der Waals surface area contributed by atoms with E-state index in [1.165, 1.54) is 24.3 Å². The lowest BCUT2D eigenvalue weighted by molar-refractivity contribution is -0.384. The first-order valence-electron chi connectivity index (χ1n) is 6.65. The third-order valence-corrected chi connectivity index (χ3v) is 4.44. The van der Waals surface area contributed by atoms with Crippen molar-refractivity contribution in [2.45, 2.75) is 20.3 Å². The average Bonchev–Trinajstić information content (AvgIpc) is 2.48. The highest BCUT2D eigenvalue weighted by Crippen LogP contribution is 2.49. The average molecular weight is 350 g/mol. The zero-order valence-electron chi connectivity index (χ0n) is 12.6. The number of rotatable bonds is 8. The van der Waals surface area contributed by atoms with Crippen molar-refractivity contribution in [3.8, 4) is 5.75 Å². The van der Waals surface area contributed by atoms with Crippen molar-refractivity contribution in [2.24, 2.45) is 0 Å². The Balaban J connectivity index is 0.000000980. The second kappa shape index (κ2) is 11.5. The van der Waals surface area contributed by atoms with Gasteiger partial charge in [-0.05, 0) is 32.4 Å². The molecule has 22 heavy (non-hydrogen) atoms. The lowest BCUT2D eigenvalue weighted by Gasteiger charge is -2.20. The van der Waals surface area contributed by atoms with Gasteiger partial charge < -0.3 is 9.63 Å². The lowest BCUT2D eigenvalue weighted by atomic mass is 10.3. The van der Waals surface area contributed by atoms with E-state index < -0.39 is 11.6 Å². The molecule has 0 saturated carbocycles. The number of aliphatic hydroxyl groups excluding tert-OH is 1. The molecule has 9 heteroatoms. The van der Waals surface area contributed by atoms with E-state index in [2.05, 4.69) is 6.92 Å². The first-order valence-corrected chi connectivity index (χ1v) is 9.21. The van der Waals surface area contributed by atoms with Gasteiger partial charge in [-0.1, -0.05) is 6.92 Å². The van der Waals surface area contributed by atoms with Gasteiger partial charge in [-0.25, -0.2) is 0 Å². The van der Waals surface area contributed by atoms with E-state index in [9.17, 15) is 10.1 Å². The number of aliphatic hydroxyl groups is 1. The number of nitrogens with zero attached hydrogens (tertiary/aromatic N) is 1. The van der Waals surface area contributed by atoms with E-state index in [4.69, 9.17) is 30.5 Å². The van der Waals surface area contributed by atoms with Crippen LogP contribution < -0.4 is 4.52 Å². The summed E-state index contributed by atoms with van der Waals surface area (Å²) in [5.74, 6) is 0.394. The highest BCUT2D eigenvalue weighted by atomic mass is 32.5. The van der Waals surface area contributed by atoms with Crippen LogP contribution in [0.2, 0.25) is 0 Å². The first kappa shape index (κ1) is 20.9. The van der Waals surface area contributed by atoms with Crippen LogP contribution in [0.15, 0.2) is 24.3 Å². The molecule has 0 atom stereocenters. The van der Waals surface area contributed by atoms with Crippen LogP contribution in [-0.2, 0) is 20.9 Å². The molecule has 125 valence electrons. The Hall–Kier alpha value is -1.05. The van der Waals surface area contributed by atoms with Crippen LogP contribution in [0.25, 0.3) is 0 Å². The summed E-state index contributed by atoms with van der Waals surface area (Å²) in [5, 5.41) is 18.3. The van der Waals surface area contributed by atoms with Gasteiger partial charge in [-0.3, -0.25) is 19.2 Å². The summed E-state index contributed by atoms with van der Waals surface area (Å²) in [4.78, 5) is 10.0. The Morgan fingerprint density at radius 3 is 2.05 bits per heavy atom. The van der Waals surface area contributed by atoms with Crippen molar-refractivity contribution >= 4 is 24.2 Å². The molecule has 1 aromatic carbocycles. The third-order valence-electron chi connectivity index (χ3n) is 2.00. The molecule has 7 nitrogen and oxygen atoms in total. The Kier molecular flexibility index (Phi) is 11.0. The summed E-state index contributed by atoms with van der Waals surface area (Å²) in [5.41, 5.74) is -0.0107. The molecular weight excluding hydrogens is 329 g/mol. The normalized spacial score (nSPS) is 10.5. The largest absolute Gasteiger partial charge is 0.424 e. The first-order chi connectivity index (χ1) is 10.4. The van der Waals surface area contributed by atoms with E-state index in [0.717, 1.165) is 0 Å². The fourth-order valence-corrected chi connectivity index (χ4v) is 3.25. The molecule has 0 heterocycles. The van der Waals surface area contributed by atoms with Gasteiger partial charge in [0.15, 0.2) is 0 Å². The predicted molar refractivity (Wildman–Crippen MR) is 88.3 cm³/mol. The standard InChI is InChI=1S/C10H14NO5PS.C3H7O/c1-3-14-17(18,15-4-2)16-10-7-5-9(6-8-10)11(12)13;1-2-3-4/h5-8H,3-4H2,1-2H3;4H,1-3H2. The molecule has 0 aromatic heterocycles. The van der Waals surface area contributed by atoms with Crippen LogP contribution in [0.4, 0.5) is 5.69 Å². The zero-order valence-corrected chi connectivity index (χ0v) is 14.3. The Morgan fingerprint density at radius 1 is 1.27 bits per heavy atom. The van der Waals surface area contributed by atoms with Crippen LogP contribution in [-0.4, -0.2) is 29.9 Å². The Bertz CT molecular complexity index is 470. The molecule has 1 N–H and O–H groups in total. The van der Waals surface area contributed by atoms with Crippen LogP contribution in [0, 0.1) is 17.0 Å². The summed E-state index contributed by atoms with van der Waals surface area (Å²) in [6.07, 6.45) is 0.625. The van der Waals surface area contributed by atoms with Crippen molar-refractivity contribution in [1.82, 2.24) is 0 Å². The maximum atomic E-state index is 10.5. The van der Waals surface area contributed by atoms with E-state index >= 15 is 0 Å². The topological polar surface area (TPSA) is 91.1 Å². The molecule has 1 aromatic rings. The van der Waals surface area contributed by atoms with Crippen molar-refractivity contribution in [1.29, 1.82) is 0 Å². The highest BCUT2D eigenvalue weighted by molar-refractivity contribution is 8.07. The summed E-state index contributed by atoms with van der Waals surface area (Å²) < 4.78 is 16.1. The second-order valence-electron chi connectivity index (χ2n) is 3.70. The van der Waals surface area contributed by atoms with Gasteiger partial charge in [-0.2, -0.15) is 0 Å². The van der Waals surface area contributed by atoms with E-state index in [1.54, 1.807) is 13.8 Å². The van der Waals surface area contributed by atoms with E-state index in [1.807, 2.05) is 0 Å². The summed E-state index contributed by atoms with van der Waals surface area (Å²) in [7, 11) is 0. The quantitative estimate of drug-likeness (QED) is 0.436. The molecule has 0 amide bonds. The van der Waals surface area contributed by atoms with Gasteiger partial charge in [-0.15, -0.1) is 0 Å². The molecule has 0 aliphatic rings.